The van der Waals surface area contributed by atoms with Crippen LogP contribution in [0.3, 0.4) is 0 Å². The molecule has 0 aromatic heterocycles. The maximum Gasteiger partial charge on any atom is 0.260 e. The normalized spacial score (nSPS) is 18.0. The van der Waals surface area contributed by atoms with Gasteiger partial charge < -0.3 is 15.0 Å². The number of likely N-dealkylation sites (N-methyl/N-ethyl adjacent to an activating group) is 1. The highest BCUT2D eigenvalue weighted by molar-refractivity contribution is 5.85. The standard InChI is InChI=1S/C16H24N2O2.ClH/c1-12-6-7-15(13(2)9-12)20-11-16(19)18-8-4-5-14(10-18)17-3;/h6-7,9,14,17H,4-5,8,10-11H2,1-3H3;1H. The molecular weight excluding hydrogens is 288 g/mol. The fraction of sp³-hybridized carbons (Fsp3) is 0.562. The lowest BCUT2D eigenvalue weighted by Crippen LogP contribution is -2.48. The zero-order chi connectivity index (χ0) is 14.5. The minimum Gasteiger partial charge on any atom is -0.484 e. The van der Waals surface area contributed by atoms with E-state index in [2.05, 4.69) is 11.4 Å². The molecule has 1 unspecified atom stereocenters. The van der Waals surface area contributed by atoms with Crippen molar-refractivity contribution >= 4 is 18.3 Å². The van der Waals surface area contributed by atoms with Gasteiger partial charge in [-0.05, 0) is 45.4 Å². The SMILES string of the molecule is CNC1CCCN(C(=O)COc2ccc(C)cc2C)C1.Cl. The Kier molecular flexibility index (Phi) is 6.99. The van der Waals surface area contributed by atoms with E-state index in [1.54, 1.807) is 0 Å². The second-order valence-electron chi connectivity index (χ2n) is 5.53. The molecule has 118 valence electrons. The molecule has 21 heavy (non-hydrogen) atoms. The summed E-state index contributed by atoms with van der Waals surface area (Å²) in [6.45, 7) is 5.80. The molecule has 1 amide bonds. The smallest absolute Gasteiger partial charge is 0.260 e. The Bertz CT molecular complexity index is 479. The number of hydrogen-bond acceptors (Lipinski definition) is 3. The van der Waals surface area contributed by atoms with Crippen LogP contribution in [0.25, 0.3) is 0 Å². The number of carbonyl (C=O) groups excluding carboxylic acids is 1. The van der Waals surface area contributed by atoms with Crippen LogP contribution in [0.2, 0.25) is 0 Å². The van der Waals surface area contributed by atoms with E-state index < -0.39 is 0 Å². The first-order chi connectivity index (χ1) is 9.60. The van der Waals surface area contributed by atoms with E-state index in [0.717, 1.165) is 37.2 Å². The van der Waals surface area contributed by atoms with Crippen molar-refractivity contribution in [2.75, 3.05) is 26.7 Å². The van der Waals surface area contributed by atoms with E-state index in [4.69, 9.17) is 4.74 Å². The topological polar surface area (TPSA) is 41.6 Å². The van der Waals surface area contributed by atoms with Gasteiger partial charge in [-0.3, -0.25) is 4.79 Å². The summed E-state index contributed by atoms with van der Waals surface area (Å²) in [6.07, 6.45) is 2.19. The Balaban J connectivity index is 0.00000220. The number of nitrogens with zero attached hydrogens (tertiary/aromatic N) is 1. The van der Waals surface area contributed by atoms with Crippen LogP contribution in [-0.4, -0.2) is 43.6 Å². The second kappa shape index (κ2) is 8.25. The Labute approximate surface area is 133 Å². The van der Waals surface area contributed by atoms with E-state index in [9.17, 15) is 4.79 Å². The van der Waals surface area contributed by atoms with Crippen LogP contribution < -0.4 is 10.1 Å². The Morgan fingerprint density at radius 3 is 2.86 bits per heavy atom. The van der Waals surface area contributed by atoms with E-state index >= 15 is 0 Å². The second-order valence-corrected chi connectivity index (χ2v) is 5.53. The molecule has 1 aliphatic rings. The minimum atomic E-state index is 0. The number of nitrogens with one attached hydrogen (secondary N) is 1. The zero-order valence-electron chi connectivity index (χ0n) is 13.0. The molecule has 1 N–H and O–H groups in total. The molecular formula is C16H25ClN2O2. The molecule has 1 heterocycles. The quantitative estimate of drug-likeness (QED) is 0.927. The van der Waals surface area contributed by atoms with Crippen LogP contribution in [0, 0.1) is 13.8 Å². The average molecular weight is 313 g/mol. The van der Waals surface area contributed by atoms with Crippen LogP contribution in [0.4, 0.5) is 0 Å². The summed E-state index contributed by atoms with van der Waals surface area (Å²) in [4.78, 5) is 14.1. The van der Waals surface area contributed by atoms with Gasteiger partial charge >= 0.3 is 0 Å². The van der Waals surface area contributed by atoms with Gasteiger partial charge in [0.15, 0.2) is 6.61 Å². The number of piperidine rings is 1. The van der Waals surface area contributed by atoms with Gasteiger partial charge in [0.1, 0.15) is 5.75 Å². The Morgan fingerprint density at radius 2 is 2.19 bits per heavy atom. The lowest BCUT2D eigenvalue weighted by Gasteiger charge is -2.32. The first-order valence-corrected chi connectivity index (χ1v) is 7.25. The van der Waals surface area contributed by atoms with Crippen molar-refractivity contribution in [2.24, 2.45) is 0 Å². The molecule has 5 heteroatoms. The number of halogens is 1. The van der Waals surface area contributed by atoms with Crippen molar-refractivity contribution < 1.29 is 9.53 Å². The summed E-state index contributed by atoms with van der Waals surface area (Å²) in [5, 5.41) is 3.24. The van der Waals surface area contributed by atoms with Gasteiger partial charge in [0.2, 0.25) is 0 Å². The number of likely N-dealkylation sites (tertiary alicyclic amines) is 1. The molecule has 0 spiro atoms. The van der Waals surface area contributed by atoms with Crippen molar-refractivity contribution in [3.63, 3.8) is 0 Å². The molecule has 1 aliphatic heterocycles. The van der Waals surface area contributed by atoms with Crippen molar-refractivity contribution in [1.29, 1.82) is 0 Å². The van der Waals surface area contributed by atoms with Crippen LogP contribution in [0.5, 0.6) is 5.75 Å². The highest BCUT2D eigenvalue weighted by Crippen LogP contribution is 2.19. The fourth-order valence-electron chi connectivity index (χ4n) is 2.63. The van der Waals surface area contributed by atoms with Gasteiger partial charge in [-0.1, -0.05) is 17.7 Å². The molecule has 1 aromatic rings. The lowest BCUT2D eigenvalue weighted by molar-refractivity contribution is -0.134. The van der Waals surface area contributed by atoms with E-state index in [-0.39, 0.29) is 24.9 Å². The highest BCUT2D eigenvalue weighted by atomic mass is 35.5. The first-order valence-electron chi connectivity index (χ1n) is 7.25. The predicted octanol–water partition coefficient (Wildman–Crippen LogP) is 2.31. The molecule has 1 aromatic carbocycles. The third-order valence-corrected chi connectivity index (χ3v) is 3.86. The van der Waals surface area contributed by atoms with Gasteiger partial charge in [-0.15, -0.1) is 12.4 Å². The molecule has 0 saturated carbocycles. The minimum absolute atomic E-state index is 0. The highest BCUT2D eigenvalue weighted by Gasteiger charge is 2.22. The monoisotopic (exact) mass is 312 g/mol. The van der Waals surface area contributed by atoms with Crippen LogP contribution in [-0.2, 0) is 4.79 Å². The number of amides is 1. The summed E-state index contributed by atoms with van der Waals surface area (Å²) in [7, 11) is 1.95. The number of hydrogen-bond donors (Lipinski definition) is 1. The van der Waals surface area contributed by atoms with Gasteiger partial charge in [0, 0.05) is 19.1 Å². The molecule has 1 saturated heterocycles. The third-order valence-electron chi connectivity index (χ3n) is 3.86. The van der Waals surface area contributed by atoms with Crippen LogP contribution in [0.1, 0.15) is 24.0 Å². The van der Waals surface area contributed by atoms with Crippen LogP contribution in [0.15, 0.2) is 18.2 Å². The van der Waals surface area contributed by atoms with Gasteiger partial charge in [0.05, 0.1) is 0 Å². The zero-order valence-corrected chi connectivity index (χ0v) is 13.8. The van der Waals surface area contributed by atoms with E-state index in [1.165, 1.54) is 5.56 Å². The van der Waals surface area contributed by atoms with Gasteiger partial charge in [0.25, 0.3) is 5.91 Å². The molecule has 0 aliphatic carbocycles. The summed E-state index contributed by atoms with van der Waals surface area (Å²) < 4.78 is 5.66. The van der Waals surface area contributed by atoms with E-state index in [0.29, 0.717) is 6.04 Å². The maximum absolute atomic E-state index is 12.2. The fourth-order valence-corrected chi connectivity index (χ4v) is 2.63. The number of aryl methyl sites for hydroxylation is 2. The van der Waals surface area contributed by atoms with Gasteiger partial charge in [-0.2, -0.15) is 0 Å². The summed E-state index contributed by atoms with van der Waals surface area (Å²) in [5.41, 5.74) is 2.28. The summed E-state index contributed by atoms with van der Waals surface area (Å²) in [6, 6.07) is 6.42. The first kappa shape index (κ1) is 17.8. The van der Waals surface area contributed by atoms with Crippen molar-refractivity contribution in [2.45, 2.75) is 32.7 Å². The molecule has 0 bridgehead atoms. The lowest BCUT2D eigenvalue weighted by atomic mass is 10.1. The summed E-state index contributed by atoms with van der Waals surface area (Å²) >= 11 is 0. The number of ether oxygens (including phenoxy) is 1. The molecule has 1 atom stereocenters. The number of carbonyl (C=O) groups is 1. The van der Waals surface area contributed by atoms with Crippen molar-refractivity contribution in [3.8, 4) is 5.75 Å². The predicted molar refractivity (Wildman–Crippen MR) is 87.3 cm³/mol. The molecule has 2 rings (SSSR count). The summed E-state index contributed by atoms with van der Waals surface area (Å²) in [5.74, 6) is 0.871. The molecule has 0 radical (unpaired) electrons. The number of benzene rings is 1. The Hall–Kier alpha value is -1.26. The maximum atomic E-state index is 12.2. The molecule has 4 nitrogen and oxygen atoms in total. The Morgan fingerprint density at radius 1 is 1.43 bits per heavy atom. The van der Waals surface area contributed by atoms with E-state index in [1.807, 2.05) is 37.9 Å². The number of rotatable bonds is 4. The van der Waals surface area contributed by atoms with Crippen molar-refractivity contribution in [3.05, 3.63) is 29.3 Å². The molecule has 1 fully saturated rings. The third kappa shape index (κ3) is 4.90. The van der Waals surface area contributed by atoms with Gasteiger partial charge in [-0.25, -0.2) is 0 Å². The van der Waals surface area contributed by atoms with Crippen molar-refractivity contribution in [1.82, 2.24) is 10.2 Å². The van der Waals surface area contributed by atoms with Crippen LogP contribution >= 0.6 is 12.4 Å². The largest absolute Gasteiger partial charge is 0.484 e. The average Bonchev–Trinajstić information content (AvgIpc) is 2.46.